The van der Waals surface area contributed by atoms with Crippen LogP contribution in [0.5, 0.6) is 0 Å². The van der Waals surface area contributed by atoms with Gasteiger partial charge in [0.15, 0.2) is 0 Å². The normalized spacial score (nSPS) is 10.7. The third-order valence-corrected chi connectivity index (χ3v) is 3.05. The van der Waals surface area contributed by atoms with Gasteiger partial charge in [-0.25, -0.2) is 0 Å². The molecule has 19 heavy (non-hydrogen) atoms. The Morgan fingerprint density at radius 1 is 1.05 bits per heavy atom. The zero-order valence-corrected chi connectivity index (χ0v) is 11.5. The van der Waals surface area contributed by atoms with Crippen LogP contribution in [0.1, 0.15) is 0 Å². The molecule has 4 heteroatoms. The number of rotatable bonds is 1. The maximum atomic E-state index is 5.92. The van der Waals surface area contributed by atoms with Crippen molar-refractivity contribution in [3.8, 4) is 5.69 Å². The van der Waals surface area contributed by atoms with E-state index in [1.54, 1.807) is 10.9 Å². The van der Waals surface area contributed by atoms with Crippen LogP contribution >= 0.6 is 0 Å². The molecule has 0 atom stereocenters. The molecule has 0 spiro atoms. The predicted octanol–water partition coefficient (Wildman–Crippen LogP) is 3.57. The molecule has 0 N–H and O–H groups in total. The van der Waals surface area contributed by atoms with Gasteiger partial charge in [0.2, 0.25) is 0 Å². The first-order valence-corrected chi connectivity index (χ1v) is 5.75. The Bertz CT molecular complexity index is 834. The van der Waals surface area contributed by atoms with E-state index in [4.69, 9.17) is 4.42 Å². The number of hydrogen-bond acceptors (Lipinski definition) is 2. The summed E-state index contributed by atoms with van der Waals surface area (Å²) in [6.07, 6.45) is 3.63. The average molecular weight is 336 g/mol. The molecule has 2 aromatic heterocycles. The Kier molecular flexibility index (Phi) is 2.96. The molecule has 0 unspecified atom stereocenters. The van der Waals surface area contributed by atoms with Crippen LogP contribution in [0.2, 0.25) is 0 Å². The Labute approximate surface area is 122 Å². The number of nitrogens with zero attached hydrogens (tertiary/aromatic N) is 2. The smallest absolute Gasteiger partial charge is 0.116 e. The Balaban J connectivity index is 0.00000110. The van der Waals surface area contributed by atoms with E-state index in [1.807, 2.05) is 42.6 Å². The summed E-state index contributed by atoms with van der Waals surface area (Å²) in [5.41, 5.74) is 2.55. The minimum absolute atomic E-state index is 0. The van der Waals surface area contributed by atoms with Crippen LogP contribution in [0.3, 0.4) is 0 Å². The van der Waals surface area contributed by atoms with Crippen molar-refractivity contribution >= 4 is 21.9 Å². The first-order chi connectivity index (χ1) is 8.93. The Morgan fingerprint density at radius 2 is 1.95 bits per heavy atom. The van der Waals surface area contributed by atoms with Crippen molar-refractivity contribution in [2.75, 3.05) is 0 Å². The van der Waals surface area contributed by atoms with E-state index in [0.29, 0.717) is 0 Å². The van der Waals surface area contributed by atoms with Crippen molar-refractivity contribution in [3.05, 3.63) is 60.9 Å². The minimum Gasteiger partial charge on any atom is -0.513 e. The molecule has 0 aliphatic heterocycles. The summed E-state index contributed by atoms with van der Waals surface area (Å²) >= 11 is 0. The molecule has 0 saturated heterocycles. The van der Waals surface area contributed by atoms with Crippen molar-refractivity contribution in [2.24, 2.45) is 0 Å². The van der Waals surface area contributed by atoms with Gasteiger partial charge in [-0.2, -0.15) is 23.3 Å². The molecule has 95 valence electrons. The van der Waals surface area contributed by atoms with Crippen molar-refractivity contribution in [2.45, 2.75) is 0 Å². The van der Waals surface area contributed by atoms with E-state index in [-0.39, 0.29) is 19.5 Å². The maximum Gasteiger partial charge on any atom is 0.116 e. The standard InChI is InChI=1S/C15H9N2O.Rh/c1-2-8-14-11(5-1)12-6-3-7-13(15(12)18-14)17-10-4-9-16-17;/h1-6,8-10H;/q-1;. The SMILES string of the molecule is [Rh].[c-]1ccc2c(oc3ccccc32)c1-n1cccn1. The second-order valence-electron chi connectivity index (χ2n) is 4.12. The maximum absolute atomic E-state index is 5.92. The molecular formula is C15H9N2ORh-. The van der Waals surface area contributed by atoms with E-state index >= 15 is 0 Å². The summed E-state index contributed by atoms with van der Waals surface area (Å²) in [7, 11) is 0. The quantitative estimate of drug-likeness (QED) is 0.393. The van der Waals surface area contributed by atoms with E-state index < -0.39 is 0 Å². The first-order valence-electron chi connectivity index (χ1n) is 5.75. The van der Waals surface area contributed by atoms with Gasteiger partial charge < -0.3 is 4.42 Å². The Hall–Kier alpha value is -1.93. The summed E-state index contributed by atoms with van der Waals surface area (Å²) < 4.78 is 7.68. The number of benzene rings is 2. The third kappa shape index (κ3) is 1.80. The second kappa shape index (κ2) is 4.63. The third-order valence-electron chi connectivity index (χ3n) is 3.05. The monoisotopic (exact) mass is 336 g/mol. The van der Waals surface area contributed by atoms with Gasteiger partial charge in [-0.05, 0) is 17.8 Å². The molecule has 0 bridgehead atoms. The minimum atomic E-state index is 0. The number of furan rings is 1. The summed E-state index contributed by atoms with van der Waals surface area (Å²) in [6.45, 7) is 0. The van der Waals surface area contributed by atoms with Crippen molar-refractivity contribution in [1.82, 2.24) is 9.78 Å². The van der Waals surface area contributed by atoms with Crippen molar-refractivity contribution < 1.29 is 23.9 Å². The fraction of sp³-hybridized carbons (Fsp3) is 0. The number of para-hydroxylation sites is 1. The number of fused-ring (bicyclic) bond motifs is 3. The van der Waals surface area contributed by atoms with Gasteiger partial charge in [0.05, 0.1) is 0 Å². The fourth-order valence-corrected chi connectivity index (χ4v) is 2.25. The molecular weight excluding hydrogens is 327 g/mol. The zero-order chi connectivity index (χ0) is 11.9. The number of hydrogen-bond donors (Lipinski definition) is 0. The van der Waals surface area contributed by atoms with Crippen molar-refractivity contribution in [1.29, 1.82) is 0 Å². The van der Waals surface area contributed by atoms with Gasteiger partial charge >= 0.3 is 0 Å². The van der Waals surface area contributed by atoms with Crippen LogP contribution in [0.25, 0.3) is 27.6 Å². The topological polar surface area (TPSA) is 31.0 Å². The molecule has 2 aromatic carbocycles. The molecule has 2 heterocycles. The molecule has 1 radical (unpaired) electrons. The Morgan fingerprint density at radius 3 is 2.79 bits per heavy atom. The van der Waals surface area contributed by atoms with Crippen molar-refractivity contribution in [3.63, 3.8) is 0 Å². The van der Waals surface area contributed by atoms with Crippen LogP contribution in [0.15, 0.2) is 59.3 Å². The molecule has 4 rings (SSSR count). The first kappa shape index (κ1) is 12.1. The van der Waals surface area contributed by atoms with Crippen LogP contribution < -0.4 is 0 Å². The molecule has 0 amide bonds. The van der Waals surface area contributed by atoms with Crippen LogP contribution in [-0.4, -0.2) is 9.78 Å². The largest absolute Gasteiger partial charge is 0.513 e. The molecule has 0 fully saturated rings. The van der Waals surface area contributed by atoms with Crippen LogP contribution in [0, 0.1) is 6.07 Å². The van der Waals surface area contributed by atoms with Crippen LogP contribution in [-0.2, 0) is 19.5 Å². The van der Waals surface area contributed by atoms with Gasteiger partial charge in [0, 0.05) is 42.8 Å². The summed E-state index contributed by atoms with van der Waals surface area (Å²) in [6, 6.07) is 17.0. The summed E-state index contributed by atoms with van der Waals surface area (Å²) in [5, 5.41) is 6.44. The van der Waals surface area contributed by atoms with Gasteiger partial charge in [-0.1, -0.05) is 23.6 Å². The molecule has 4 aromatic rings. The predicted molar refractivity (Wildman–Crippen MR) is 69.7 cm³/mol. The van der Waals surface area contributed by atoms with Gasteiger partial charge in [-0.15, -0.1) is 0 Å². The molecule has 0 saturated carbocycles. The summed E-state index contributed by atoms with van der Waals surface area (Å²) in [5.74, 6) is 0. The number of aromatic nitrogens is 2. The van der Waals surface area contributed by atoms with Gasteiger partial charge in [0.1, 0.15) is 5.58 Å². The summed E-state index contributed by atoms with van der Waals surface area (Å²) in [4.78, 5) is 0. The van der Waals surface area contributed by atoms with E-state index in [9.17, 15) is 0 Å². The fourth-order valence-electron chi connectivity index (χ4n) is 2.25. The zero-order valence-electron chi connectivity index (χ0n) is 9.83. The van der Waals surface area contributed by atoms with E-state index in [1.165, 1.54) is 0 Å². The van der Waals surface area contributed by atoms with Gasteiger partial charge in [0.25, 0.3) is 0 Å². The van der Waals surface area contributed by atoms with E-state index in [2.05, 4.69) is 17.2 Å². The van der Waals surface area contributed by atoms with Crippen LogP contribution in [0.4, 0.5) is 0 Å². The van der Waals surface area contributed by atoms with E-state index in [0.717, 1.165) is 27.6 Å². The molecule has 0 aliphatic carbocycles. The average Bonchev–Trinajstić information content (AvgIpc) is 3.05. The molecule has 3 nitrogen and oxygen atoms in total. The van der Waals surface area contributed by atoms with Gasteiger partial charge in [-0.3, -0.25) is 4.68 Å². The molecule has 0 aliphatic rings. The second-order valence-corrected chi connectivity index (χ2v) is 4.12.